The Morgan fingerprint density at radius 1 is 1.33 bits per heavy atom. The van der Waals surface area contributed by atoms with Crippen molar-refractivity contribution < 1.29 is 14.0 Å². The number of amides is 3. The number of nitrogens with zero attached hydrogens (tertiary/aromatic N) is 4. The second kappa shape index (κ2) is 8.94. The Morgan fingerprint density at radius 2 is 2.11 bits per heavy atom. The molecule has 2 aromatic heterocycles. The Hall–Kier alpha value is -2.49. The fourth-order valence-corrected chi connectivity index (χ4v) is 3.69. The highest BCUT2D eigenvalue weighted by Gasteiger charge is 2.25. The van der Waals surface area contributed by atoms with Crippen LogP contribution in [0.25, 0.3) is 0 Å². The maximum Gasteiger partial charge on any atom is 0.321 e. The zero-order valence-electron chi connectivity index (χ0n) is 15.5. The molecule has 1 aliphatic rings. The predicted octanol–water partition coefficient (Wildman–Crippen LogP) is 1.85. The molecule has 1 unspecified atom stereocenters. The minimum Gasteiger partial charge on any atom is -0.467 e. The highest BCUT2D eigenvalue weighted by Crippen LogP contribution is 2.28. The van der Waals surface area contributed by atoms with Gasteiger partial charge in [0.1, 0.15) is 5.76 Å². The molecule has 10 heteroatoms. The lowest BCUT2D eigenvalue weighted by atomic mass is 10.4. The third-order valence-corrected chi connectivity index (χ3v) is 5.29. The van der Waals surface area contributed by atoms with Crippen molar-refractivity contribution in [2.45, 2.75) is 43.6 Å². The van der Waals surface area contributed by atoms with Crippen molar-refractivity contribution in [1.29, 1.82) is 0 Å². The van der Waals surface area contributed by atoms with Crippen LogP contribution < -0.4 is 15.5 Å². The lowest BCUT2D eigenvalue weighted by molar-refractivity contribution is -0.119. The van der Waals surface area contributed by atoms with Gasteiger partial charge in [-0.2, -0.15) is 0 Å². The van der Waals surface area contributed by atoms with Crippen LogP contribution in [0.15, 0.2) is 28.0 Å². The molecule has 0 aromatic carbocycles. The van der Waals surface area contributed by atoms with Gasteiger partial charge in [0, 0.05) is 19.6 Å². The maximum atomic E-state index is 12.2. The molecular weight excluding hydrogens is 368 g/mol. The Bertz CT molecular complexity index is 770. The Kier molecular flexibility index (Phi) is 6.38. The van der Waals surface area contributed by atoms with Crippen LogP contribution in [-0.4, -0.2) is 51.6 Å². The lowest BCUT2D eigenvalue weighted by Crippen LogP contribution is -2.42. The zero-order valence-corrected chi connectivity index (χ0v) is 16.3. The average molecular weight is 392 g/mol. The number of imide groups is 1. The molecule has 2 N–H and O–H groups in total. The minimum absolute atomic E-state index is 0.374. The summed E-state index contributed by atoms with van der Waals surface area (Å²) in [5.41, 5.74) is 0. The fourth-order valence-electron chi connectivity index (χ4n) is 2.85. The van der Waals surface area contributed by atoms with E-state index < -0.39 is 11.3 Å². The highest BCUT2D eigenvalue weighted by molar-refractivity contribution is 8.00. The second-order valence-corrected chi connectivity index (χ2v) is 7.56. The van der Waals surface area contributed by atoms with Crippen molar-refractivity contribution in [1.82, 2.24) is 25.4 Å². The number of rotatable bonds is 7. The number of furan rings is 1. The summed E-state index contributed by atoms with van der Waals surface area (Å²) in [5.74, 6) is 1.19. The summed E-state index contributed by atoms with van der Waals surface area (Å²) < 4.78 is 7.44. The normalized spacial score (nSPS) is 15.0. The summed E-state index contributed by atoms with van der Waals surface area (Å²) >= 11 is 1.27. The van der Waals surface area contributed by atoms with Gasteiger partial charge >= 0.3 is 6.03 Å². The van der Waals surface area contributed by atoms with Crippen LogP contribution in [0.3, 0.4) is 0 Å². The molecule has 3 heterocycles. The summed E-state index contributed by atoms with van der Waals surface area (Å²) in [6, 6.07) is 3.24. The largest absolute Gasteiger partial charge is 0.467 e. The number of carbonyl (C=O) groups excluding carboxylic acids is 2. The van der Waals surface area contributed by atoms with Crippen molar-refractivity contribution in [3.8, 4) is 0 Å². The Morgan fingerprint density at radius 3 is 2.78 bits per heavy atom. The van der Waals surface area contributed by atoms with Crippen LogP contribution in [0.5, 0.6) is 0 Å². The SMILES string of the molecule is CCNC(=O)NC(=O)C(C)Sc1nnc(N2CCCC2)n1Cc1ccco1. The first-order chi connectivity index (χ1) is 13.1. The van der Waals surface area contributed by atoms with E-state index in [1.165, 1.54) is 11.8 Å². The van der Waals surface area contributed by atoms with Gasteiger partial charge in [0.05, 0.1) is 18.1 Å². The van der Waals surface area contributed by atoms with Gasteiger partial charge in [-0.15, -0.1) is 10.2 Å². The van der Waals surface area contributed by atoms with E-state index in [2.05, 4.69) is 25.7 Å². The number of hydrogen-bond donors (Lipinski definition) is 2. The first-order valence-corrected chi connectivity index (χ1v) is 9.92. The van der Waals surface area contributed by atoms with Gasteiger partial charge in [-0.1, -0.05) is 11.8 Å². The van der Waals surface area contributed by atoms with E-state index in [0.717, 1.165) is 37.6 Å². The molecule has 0 spiro atoms. The number of anilines is 1. The van der Waals surface area contributed by atoms with E-state index in [9.17, 15) is 9.59 Å². The number of aromatic nitrogens is 3. The smallest absolute Gasteiger partial charge is 0.321 e. The molecule has 0 radical (unpaired) electrons. The summed E-state index contributed by atoms with van der Waals surface area (Å²) in [7, 11) is 0. The summed E-state index contributed by atoms with van der Waals surface area (Å²) in [5, 5.41) is 13.6. The number of urea groups is 1. The molecule has 9 nitrogen and oxygen atoms in total. The van der Waals surface area contributed by atoms with Crippen molar-refractivity contribution in [3.05, 3.63) is 24.2 Å². The number of carbonyl (C=O) groups is 2. The van der Waals surface area contributed by atoms with E-state index in [0.29, 0.717) is 18.2 Å². The first-order valence-electron chi connectivity index (χ1n) is 9.04. The molecule has 3 amide bonds. The molecule has 0 aliphatic carbocycles. The molecule has 2 aromatic rings. The number of thioether (sulfide) groups is 1. The van der Waals surface area contributed by atoms with Gasteiger partial charge in [0.2, 0.25) is 11.9 Å². The van der Waals surface area contributed by atoms with Crippen LogP contribution in [-0.2, 0) is 11.3 Å². The Labute approximate surface area is 161 Å². The monoisotopic (exact) mass is 392 g/mol. The second-order valence-electron chi connectivity index (χ2n) is 6.25. The van der Waals surface area contributed by atoms with Crippen LogP contribution in [0.4, 0.5) is 10.7 Å². The fraction of sp³-hybridized carbons (Fsp3) is 0.529. The zero-order chi connectivity index (χ0) is 19.2. The molecule has 1 aliphatic heterocycles. The lowest BCUT2D eigenvalue weighted by Gasteiger charge is -2.18. The number of hydrogen-bond acceptors (Lipinski definition) is 7. The summed E-state index contributed by atoms with van der Waals surface area (Å²) in [6.07, 6.45) is 3.88. The van der Waals surface area contributed by atoms with E-state index in [-0.39, 0.29) is 5.91 Å². The van der Waals surface area contributed by atoms with Crippen LogP contribution in [0.1, 0.15) is 32.4 Å². The molecule has 146 valence electrons. The van der Waals surface area contributed by atoms with Gasteiger partial charge in [0.25, 0.3) is 0 Å². The molecule has 0 bridgehead atoms. The van der Waals surface area contributed by atoms with Crippen LogP contribution in [0.2, 0.25) is 0 Å². The van der Waals surface area contributed by atoms with Crippen molar-refractivity contribution in [3.63, 3.8) is 0 Å². The van der Waals surface area contributed by atoms with Crippen molar-refractivity contribution in [2.24, 2.45) is 0 Å². The predicted molar refractivity (Wildman–Crippen MR) is 102 cm³/mol. The average Bonchev–Trinajstić information content (AvgIpc) is 3.38. The summed E-state index contributed by atoms with van der Waals surface area (Å²) in [4.78, 5) is 26.0. The Balaban J connectivity index is 1.75. The molecular formula is C17H24N6O3S. The van der Waals surface area contributed by atoms with E-state index >= 15 is 0 Å². The molecule has 27 heavy (non-hydrogen) atoms. The highest BCUT2D eigenvalue weighted by atomic mass is 32.2. The molecule has 1 fully saturated rings. The van der Waals surface area contributed by atoms with Crippen molar-refractivity contribution >= 4 is 29.6 Å². The van der Waals surface area contributed by atoms with E-state index in [1.807, 2.05) is 16.7 Å². The van der Waals surface area contributed by atoms with Gasteiger partial charge in [-0.25, -0.2) is 4.79 Å². The molecule has 1 atom stereocenters. The standard InChI is InChI=1S/C17H24N6O3S/c1-3-18-15(25)19-14(24)12(2)27-17-21-20-16(22-8-4-5-9-22)23(17)11-13-7-6-10-26-13/h6-7,10,12H,3-5,8-9,11H2,1-2H3,(H2,18,19,24,25). The third-order valence-electron chi connectivity index (χ3n) is 4.21. The van der Waals surface area contributed by atoms with Crippen LogP contribution >= 0.6 is 11.8 Å². The topological polar surface area (TPSA) is 105 Å². The molecule has 1 saturated heterocycles. The van der Waals surface area contributed by atoms with Gasteiger partial charge in [-0.05, 0) is 38.8 Å². The van der Waals surface area contributed by atoms with Crippen molar-refractivity contribution in [2.75, 3.05) is 24.5 Å². The quantitative estimate of drug-likeness (QED) is 0.693. The van der Waals surface area contributed by atoms with Gasteiger partial charge < -0.3 is 14.6 Å². The molecule has 3 rings (SSSR count). The van der Waals surface area contributed by atoms with E-state index in [4.69, 9.17) is 4.42 Å². The van der Waals surface area contributed by atoms with Gasteiger partial charge in [-0.3, -0.25) is 14.7 Å². The maximum absolute atomic E-state index is 12.2. The number of nitrogens with one attached hydrogen (secondary N) is 2. The van der Waals surface area contributed by atoms with E-state index in [1.54, 1.807) is 20.1 Å². The first kappa shape index (κ1) is 19.3. The third kappa shape index (κ3) is 4.82. The van der Waals surface area contributed by atoms with Gasteiger partial charge in [0.15, 0.2) is 5.16 Å². The molecule has 0 saturated carbocycles. The minimum atomic E-state index is -0.501. The van der Waals surface area contributed by atoms with Crippen LogP contribution in [0, 0.1) is 0 Å². The summed E-state index contributed by atoms with van der Waals surface area (Å²) in [6.45, 7) is 6.35.